The van der Waals surface area contributed by atoms with E-state index in [1.807, 2.05) is 0 Å². The van der Waals surface area contributed by atoms with Gasteiger partial charge in [0.2, 0.25) is 17.6 Å². The summed E-state index contributed by atoms with van der Waals surface area (Å²) >= 11 is 0. The van der Waals surface area contributed by atoms with Crippen LogP contribution in [0.2, 0.25) is 0 Å². The van der Waals surface area contributed by atoms with E-state index in [1.165, 1.54) is 6.92 Å². The summed E-state index contributed by atoms with van der Waals surface area (Å²) in [6.45, 7) is 9.95. The molecule has 1 saturated heterocycles. The van der Waals surface area contributed by atoms with Crippen molar-refractivity contribution in [2.75, 3.05) is 6.54 Å². The van der Waals surface area contributed by atoms with E-state index in [0.29, 0.717) is 6.42 Å². The van der Waals surface area contributed by atoms with E-state index in [1.54, 1.807) is 34.6 Å². The van der Waals surface area contributed by atoms with Gasteiger partial charge >= 0.3 is 5.97 Å². The molecule has 0 aromatic rings. The van der Waals surface area contributed by atoms with Gasteiger partial charge in [-0.1, -0.05) is 13.8 Å². The third-order valence-electron chi connectivity index (χ3n) is 5.07. The number of hydrogen-bond donors (Lipinski definition) is 3. The van der Waals surface area contributed by atoms with Gasteiger partial charge in [-0.3, -0.25) is 29.7 Å². The highest BCUT2D eigenvalue weighted by Gasteiger charge is 2.49. The Balaban J connectivity index is 2.79. The Morgan fingerprint density at radius 1 is 1.12 bits per heavy atom. The highest BCUT2D eigenvalue weighted by atomic mass is 19.1. The van der Waals surface area contributed by atoms with Crippen molar-refractivity contribution >= 4 is 29.4 Å². The molecule has 1 aliphatic rings. The summed E-state index contributed by atoms with van der Waals surface area (Å²) in [6, 6.07) is -3.56. The number of ether oxygens (including phenoxy) is 1. The molecule has 0 aromatic heterocycles. The first-order valence-electron chi connectivity index (χ1n) is 11.1. The molecule has 10 nitrogen and oxygen atoms in total. The maximum absolute atomic E-state index is 14.9. The lowest BCUT2D eigenvalue weighted by atomic mass is 9.93. The molecule has 1 heterocycles. The maximum Gasteiger partial charge on any atom is 0.308 e. The molecule has 0 spiro atoms. The first-order chi connectivity index (χ1) is 15.0. The maximum atomic E-state index is 14.9. The summed E-state index contributed by atoms with van der Waals surface area (Å²) < 4.78 is 20.0. The number of rotatable bonds is 10. The third-order valence-corrected chi connectivity index (χ3v) is 5.07. The molecule has 1 fully saturated rings. The molecular weight excluding hydrogens is 435 g/mol. The van der Waals surface area contributed by atoms with Gasteiger partial charge in [0.15, 0.2) is 5.78 Å². The number of Topliss-reactive ketones (excluding diaryl/α,β-unsaturated/α-hetero) is 2. The van der Waals surface area contributed by atoms with Crippen LogP contribution in [0.5, 0.6) is 0 Å². The second-order valence-electron chi connectivity index (χ2n) is 9.91. The highest BCUT2D eigenvalue weighted by Crippen LogP contribution is 2.25. The molecule has 0 saturated carbocycles. The van der Waals surface area contributed by atoms with Crippen LogP contribution in [-0.2, 0) is 28.7 Å². The first-order valence-corrected chi connectivity index (χ1v) is 11.1. The van der Waals surface area contributed by atoms with Gasteiger partial charge in [0, 0.05) is 13.0 Å². The molecule has 1 aliphatic heterocycles. The van der Waals surface area contributed by atoms with Gasteiger partial charge in [-0.05, 0) is 46.5 Å². The highest BCUT2D eigenvalue weighted by molar-refractivity contribution is 6.12. The molecule has 0 aliphatic carbocycles. The van der Waals surface area contributed by atoms with Crippen LogP contribution < -0.4 is 16.8 Å². The minimum Gasteiger partial charge on any atom is -0.460 e. The number of halogens is 1. The van der Waals surface area contributed by atoms with Crippen LogP contribution in [0.4, 0.5) is 4.39 Å². The molecular formula is C22H37FN4O6. The summed E-state index contributed by atoms with van der Waals surface area (Å²) in [5.74, 6) is -7.64. The van der Waals surface area contributed by atoms with E-state index in [9.17, 15) is 28.4 Å². The van der Waals surface area contributed by atoms with Crippen LogP contribution >= 0.6 is 0 Å². The summed E-state index contributed by atoms with van der Waals surface area (Å²) in [7, 11) is 0. The average Bonchev–Trinajstić information content (AvgIpc) is 3.13. The number of amides is 2. The number of ketones is 2. The number of nitrogens with two attached hydrogens (primary N) is 2. The topological polar surface area (TPSA) is 162 Å². The van der Waals surface area contributed by atoms with E-state index < -0.39 is 58.9 Å². The summed E-state index contributed by atoms with van der Waals surface area (Å²) in [4.78, 5) is 63.1. The number of carbonyl (C=O) groups excluding carboxylic acids is 5. The van der Waals surface area contributed by atoms with Crippen LogP contribution in [-0.4, -0.2) is 70.3 Å². The van der Waals surface area contributed by atoms with E-state index in [2.05, 4.69) is 5.32 Å². The zero-order valence-electron chi connectivity index (χ0n) is 20.3. The van der Waals surface area contributed by atoms with Gasteiger partial charge < -0.3 is 20.7 Å². The van der Waals surface area contributed by atoms with E-state index in [0.717, 1.165) is 4.90 Å². The summed E-state index contributed by atoms with van der Waals surface area (Å²) in [5, 5.41) is 2.41. The molecule has 4 atom stereocenters. The zero-order chi connectivity index (χ0) is 25.7. The molecule has 4 unspecified atom stereocenters. The minimum atomic E-state index is -3.19. The fourth-order valence-corrected chi connectivity index (χ4v) is 3.49. The average molecular weight is 473 g/mol. The van der Waals surface area contributed by atoms with Gasteiger partial charge in [-0.15, -0.1) is 0 Å². The number of alkyl halides is 1. The number of carbonyl (C=O) groups is 5. The van der Waals surface area contributed by atoms with Crippen LogP contribution in [0.1, 0.15) is 67.2 Å². The Kier molecular flexibility index (Phi) is 9.67. The largest absolute Gasteiger partial charge is 0.460 e. The van der Waals surface area contributed by atoms with Gasteiger partial charge in [0.25, 0.3) is 5.79 Å². The van der Waals surface area contributed by atoms with Crippen molar-refractivity contribution < 1.29 is 33.1 Å². The fourth-order valence-electron chi connectivity index (χ4n) is 3.49. The smallest absolute Gasteiger partial charge is 0.308 e. The normalized spacial score (nSPS) is 20.1. The minimum absolute atomic E-state index is 0.147. The van der Waals surface area contributed by atoms with Crippen molar-refractivity contribution in [1.82, 2.24) is 10.2 Å². The third kappa shape index (κ3) is 8.15. The van der Waals surface area contributed by atoms with E-state index in [4.69, 9.17) is 16.2 Å². The molecule has 0 bridgehead atoms. The molecule has 188 valence electrons. The Labute approximate surface area is 193 Å². The SMILES string of the molecule is CC(C)CC(=O)C(N)(F)C(=O)C1CCCN1C(=O)C(C)NC(=O)C(N)CC(=O)OC(C)(C)C. The van der Waals surface area contributed by atoms with Gasteiger partial charge in [-0.2, -0.15) is 0 Å². The van der Waals surface area contributed by atoms with Gasteiger partial charge in [0.1, 0.15) is 11.6 Å². The van der Waals surface area contributed by atoms with Crippen molar-refractivity contribution in [2.45, 2.75) is 96.7 Å². The monoisotopic (exact) mass is 472 g/mol. The van der Waals surface area contributed by atoms with Crippen LogP contribution in [0.25, 0.3) is 0 Å². The van der Waals surface area contributed by atoms with Crippen molar-refractivity contribution in [3.63, 3.8) is 0 Å². The van der Waals surface area contributed by atoms with E-state index in [-0.39, 0.29) is 31.7 Å². The lowest BCUT2D eigenvalue weighted by Gasteiger charge is -2.30. The molecule has 5 N–H and O–H groups in total. The van der Waals surface area contributed by atoms with Crippen LogP contribution in [0.15, 0.2) is 0 Å². The summed E-state index contributed by atoms with van der Waals surface area (Å²) in [5.41, 5.74) is 10.5. The second kappa shape index (κ2) is 11.1. The lowest BCUT2D eigenvalue weighted by Crippen LogP contribution is -2.60. The predicted molar refractivity (Wildman–Crippen MR) is 118 cm³/mol. The molecule has 0 aromatic carbocycles. The molecule has 33 heavy (non-hydrogen) atoms. The van der Waals surface area contributed by atoms with Crippen molar-refractivity contribution in [1.29, 1.82) is 0 Å². The zero-order valence-corrected chi connectivity index (χ0v) is 20.3. The number of hydrogen-bond acceptors (Lipinski definition) is 8. The van der Waals surface area contributed by atoms with Crippen molar-refractivity contribution in [2.24, 2.45) is 17.4 Å². The first kappa shape index (κ1) is 28.6. The Hall–Kier alpha value is -2.40. The molecule has 1 rings (SSSR count). The Morgan fingerprint density at radius 3 is 2.21 bits per heavy atom. The number of likely N-dealkylation sites (tertiary alicyclic amines) is 1. The van der Waals surface area contributed by atoms with Gasteiger partial charge in [-0.25, -0.2) is 4.39 Å². The number of nitrogens with zero attached hydrogens (tertiary/aromatic N) is 1. The molecule has 0 radical (unpaired) electrons. The number of esters is 1. The van der Waals surface area contributed by atoms with E-state index >= 15 is 0 Å². The van der Waals surface area contributed by atoms with Crippen molar-refractivity contribution in [3.8, 4) is 0 Å². The molecule has 11 heteroatoms. The summed E-state index contributed by atoms with van der Waals surface area (Å²) in [6.07, 6.45) is -0.0254. The second-order valence-corrected chi connectivity index (χ2v) is 9.91. The molecule has 2 amide bonds. The van der Waals surface area contributed by atoms with Crippen molar-refractivity contribution in [3.05, 3.63) is 0 Å². The Morgan fingerprint density at radius 2 is 1.70 bits per heavy atom. The lowest BCUT2D eigenvalue weighted by molar-refractivity contribution is -0.156. The number of nitrogens with one attached hydrogen (secondary N) is 1. The standard InChI is InChI=1S/C22H37FN4O6/c1-12(2)10-16(28)22(23,25)18(30)15-8-7-9-27(15)20(32)13(3)26-19(31)14(24)11-17(29)33-21(4,5)6/h12-15H,7-11,24-25H2,1-6H3,(H,26,31). The van der Waals surface area contributed by atoms with Crippen LogP contribution in [0, 0.1) is 5.92 Å². The van der Waals surface area contributed by atoms with Gasteiger partial charge in [0.05, 0.1) is 18.5 Å². The predicted octanol–water partition coefficient (Wildman–Crippen LogP) is 0.350. The quantitative estimate of drug-likeness (QED) is 0.233. The van der Waals surface area contributed by atoms with Crippen LogP contribution in [0.3, 0.4) is 0 Å². The fraction of sp³-hybridized carbons (Fsp3) is 0.773. The Bertz CT molecular complexity index is 777.